The van der Waals surface area contributed by atoms with E-state index < -0.39 is 10.0 Å². The summed E-state index contributed by atoms with van der Waals surface area (Å²) >= 11 is 8.47. The molecule has 176 valence electrons. The Morgan fingerprint density at radius 3 is 2.47 bits per heavy atom. The molecule has 0 radical (unpaired) electrons. The maximum atomic E-state index is 13.7. The molecule has 1 fully saturated rings. The van der Waals surface area contributed by atoms with Crippen LogP contribution in [0.15, 0.2) is 65.1 Å². The lowest BCUT2D eigenvalue weighted by Gasteiger charge is -2.32. The molecule has 0 saturated carbocycles. The molecule has 1 saturated heterocycles. The average Bonchev–Trinajstić information content (AvgIpc) is 3.49. The van der Waals surface area contributed by atoms with Crippen molar-refractivity contribution in [3.8, 4) is 0 Å². The summed E-state index contributed by atoms with van der Waals surface area (Å²) in [6.07, 6.45) is 4.32. The Labute approximate surface area is 210 Å². The summed E-state index contributed by atoms with van der Waals surface area (Å²) < 4.78 is 29.0. The number of anilines is 1. The van der Waals surface area contributed by atoms with Crippen LogP contribution in [0.4, 0.5) is 5.13 Å². The van der Waals surface area contributed by atoms with Crippen LogP contribution in [0.25, 0.3) is 10.2 Å². The molecular weight excluding hydrogens is 512 g/mol. The van der Waals surface area contributed by atoms with Crippen LogP contribution in [0.1, 0.15) is 18.4 Å². The number of hydrogen-bond acceptors (Lipinski definition) is 7. The van der Waals surface area contributed by atoms with Crippen LogP contribution in [0.2, 0.25) is 4.34 Å². The van der Waals surface area contributed by atoms with Gasteiger partial charge in [0.25, 0.3) is 10.0 Å². The number of piperidine rings is 1. The third-order valence-corrected chi connectivity index (χ3v) is 10.5. The molecule has 0 aliphatic carbocycles. The SMILES string of the molecule is O=C(C1CCN(S(=O)(=O)c2ccc(Cl)s2)CC1)N(Cc1ccncc1)c1nc2ccccc2s1. The predicted molar refractivity (Wildman–Crippen MR) is 136 cm³/mol. The van der Waals surface area contributed by atoms with E-state index in [9.17, 15) is 13.2 Å². The summed E-state index contributed by atoms with van der Waals surface area (Å²) in [6, 6.07) is 14.7. The molecule has 3 aromatic heterocycles. The molecule has 0 spiro atoms. The lowest BCUT2D eigenvalue weighted by atomic mass is 9.96. The Bertz CT molecular complexity index is 1380. The first kappa shape index (κ1) is 23.4. The topological polar surface area (TPSA) is 83.5 Å². The lowest BCUT2D eigenvalue weighted by molar-refractivity contribution is -0.123. The molecule has 11 heteroatoms. The van der Waals surface area contributed by atoms with Crippen molar-refractivity contribution in [1.29, 1.82) is 0 Å². The van der Waals surface area contributed by atoms with Crippen LogP contribution >= 0.6 is 34.3 Å². The molecule has 4 heterocycles. The Kier molecular flexibility index (Phi) is 6.67. The first-order valence-corrected chi connectivity index (χ1v) is 14.2. The van der Waals surface area contributed by atoms with Gasteiger partial charge in [0.05, 0.1) is 21.1 Å². The molecule has 0 atom stereocenters. The van der Waals surface area contributed by atoms with E-state index in [0.29, 0.717) is 28.9 Å². The molecule has 5 rings (SSSR count). The summed E-state index contributed by atoms with van der Waals surface area (Å²) in [5.41, 5.74) is 1.81. The number of halogens is 1. The summed E-state index contributed by atoms with van der Waals surface area (Å²) in [6.45, 7) is 0.960. The van der Waals surface area contributed by atoms with Gasteiger partial charge >= 0.3 is 0 Å². The van der Waals surface area contributed by atoms with E-state index in [2.05, 4.69) is 4.98 Å². The molecule has 1 aromatic carbocycles. The minimum absolute atomic E-state index is 0.0351. The van der Waals surface area contributed by atoms with Crippen molar-refractivity contribution < 1.29 is 13.2 Å². The highest BCUT2D eigenvalue weighted by molar-refractivity contribution is 7.91. The molecule has 1 amide bonds. The zero-order chi connectivity index (χ0) is 23.7. The van der Waals surface area contributed by atoms with Crippen molar-refractivity contribution >= 4 is 65.6 Å². The monoisotopic (exact) mass is 532 g/mol. The number of thiophene rings is 1. The Morgan fingerprint density at radius 1 is 1.06 bits per heavy atom. The van der Waals surface area contributed by atoms with Crippen LogP contribution in [-0.2, 0) is 21.4 Å². The van der Waals surface area contributed by atoms with E-state index in [1.54, 1.807) is 23.4 Å². The summed E-state index contributed by atoms with van der Waals surface area (Å²) in [5.74, 6) is -0.320. The highest BCUT2D eigenvalue weighted by atomic mass is 35.5. The van der Waals surface area contributed by atoms with Crippen molar-refractivity contribution in [1.82, 2.24) is 14.3 Å². The van der Waals surface area contributed by atoms with Gasteiger partial charge in [0.15, 0.2) is 5.13 Å². The maximum absolute atomic E-state index is 13.7. The Hall–Kier alpha value is -2.37. The first-order chi connectivity index (χ1) is 16.4. The highest BCUT2D eigenvalue weighted by Gasteiger charge is 2.35. The third kappa shape index (κ3) is 4.73. The molecular formula is C23H21ClN4O3S3. The average molecular weight is 533 g/mol. The van der Waals surface area contributed by atoms with Crippen LogP contribution in [0.5, 0.6) is 0 Å². The standard InChI is InChI=1S/C23H21ClN4O3S3/c24-20-5-6-21(33-20)34(30,31)27-13-9-17(10-14-27)22(29)28(15-16-7-11-25-12-8-16)23-26-18-3-1-2-4-19(18)32-23/h1-8,11-12,17H,9-10,13-15H2. The van der Waals surface area contributed by atoms with Crippen LogP contribution in [0, 0.1) is 5.92 Å². The zero-order valence-corrected chi connectivity index (χ0v) is 21.2. The molecule has 0 bridgehead atoms. The van der Waals surface area contributed by atoms with Gasteiger partial charge in [-0.2, -0.15) is 4.31 Å². The van der Waals surface area contributed by atoms with Gasteiger partial charge < -0.3 is 0 Å². The van der Waals surface area contributed by atoms with Crippen molar-refractivity contribution in [3.05, 3.63) is 70.8 Å². The number of pyridine rings is 1. The van der Waals surface area contributed by atoms with Crippen LogP contribution in [-0.4, -0.2) is 41.7 Å². The number of carbonyl (C=O) groups excluding carboxylic acids is 1. The second kappa shape index (κ2) is 9.71. The van der Waals surface area contributed by atoms with Crippen LogP contribution in [0.3, 0.4) is 0 Å². The Morgan fingerprint density at radius 2 is 1.79 bits per heavy atom. The van der Waals surface area contributed by atoms with Gasteiger partial charge in [-0.3, -0.25) is 14.7 Å². The number of aromatic nitrogens is 2. The number of sulfonamides is 1. The number of nitrogens with zero attached hydrogens (tertiary/aromatic N) is 4. The molecule has 1 aliphatic heterocycles. The predicted octanol–water partition coefficient (Wildman–Crippen LogP) is 5.04. The molecule has 1 aliphatic rings. The zero-order valence-electron chi connectivity index (χ0n) is 18.0. The van der Waals surface area contributed by atoms with Crippen LogP contribution < -0.4 is 4.90 Å². The number of rotatable bonds is 6. The molecule has 34 heavy (non-hydrogen) atoms. The first-order valence-electron chi connectivity index (χ1n) is 10.7. The number of fused-ring (bicyclic) bond motifs is 1. The Balaban J connectivity index is 1.36. The summed E-state index contributed by atoms with van der Waals surface area (Å²) in [7, 11) is -3.60. The van der Waals surface area contributed by atoms with Gasteiger partial charge in [0, 0.05) is 31.4 Å². The van der Waals surface area contributed by atoms with Crippen molar-refractivity contribution in [2.75, 3.05) is 18.0 Å². The largest absolute Gasteiger partial charge is 0.283 e. The minimum Gasteiger partial charge on any atom is -0.283 e. The number of amides is 1. The minimum atomic E-state index is -3.60. The van der Waals surface area contributed by atoms with E-state index in [1.807, 2.05) is 36.4 Å². The highest BCUT2D eigenvalue weighted by Crippen LogP contribution is 2.34. The number of thiazole rings is 1. The lowest BCUT2D eigenvalue weighted by Crippen LogP contribution is -2.44. The summed E-state index contributed by atoms with van der Waals surface area (Å²) in [5, 5.41) is 0.645. The van der Waals surface area contributed by atoms with Gasteiger partial charge in [0.2, 0.25) is 5.91 Å². The van der Waals surface area contributed by atoms with Crippen molar-refractivity contribution in [2.24, 2.45) is 5.92 Å². The fraction of sp³-hybridized carbons (Fsp3) is 0.261. The molecule has 0 N–H and O–H groups in total. The molecule has 7 nitrogen and oxygen atoms in total. The van der Waals surface area contributed by atoms with Gasteiger partial charge in [-0.25, -0.2) is 13.4 Å². The second-order valence-electron chi connectivity index (χ2n) is 7.98. The van der Waals surface area contributed by atoms with E-state index >= 15 is 0 Å². The van der Waals surface area contributed by atoms with E-state index in [0.717, 1.165) is 27.1 Å². The number of benzene rings is 1. The quantitative estimate of drug-likeness (QED) is 0.347. The van der Waals surface area contributed by atoms with E-state index in [4.69, 9.17) is 16.6 Å². The van der Waals surface area contributed by atoms with Crippen molar-refractivity contribution in [2.45, 2.75) is 23.6 Å². The second-order valence-corrected chi connectivity index (χ2v) is 12.9. The fourth-order valence-corrected chi connectivity index (χ4v) is 8.09. The van der Waals surface area contributed by atoms with Gasteiger partial charge in [0.1, 0.15) is 4.21 Å². The van der Waals surface area contributed by atoms with E-state index in [-0.39, 0.29) is 29.1 Å². The van der Waals surface area contributed by atoms with E-state index in [1.165, 1.54) is 21.7 Å². The number of hydrogen-bond donors (Lipinski definition) is 0. The molecule has 4 aromatic rings. The van der Waals surface area contributed by atoms with Crippen molar-refractivity contribution in [3.63, 3.8) is 0 Å². The van der Waals surface area contributed by atoms with Gasteiger partial charge in [-0.15, -0.1) is 11.3 Å². The van der Waals surface area contributed by atoms with Gasteiger partial charge in [-0.1, -0.05) is 35.1 Å². The maximum Gasteiger partial charge on any atom is 0.252 e. The number of para-hydroxylation sites is 1. The summed E-state index contributed by atoms with van der Waals surface area (Å²) in [4.78, 5) is 24.2. The van der Waals surface area contributed by atoms with Gasteiger partial charge in [-0.05, 0) is 54.8 Å². The normalized spacial score (nSPS) is 15.6. The third-order valence-electron chi connectivity index (χ3n) is 5.82. The number of carbonyl (C=O) groups is 1. The smallest absolute Gasteiger partial charge is 0.252 e. The fourth-order valence-electron chi connectivity index (χ4n) is 4.01. The molecule has 0 unspecified atom stereocenters.